The van der Waals surface area contributed by atoms with Crippen molar-refractivity contribution in [2.24, 2.45) is 0 Å². The van der Waals surface area contributed by atoms with Crippen LogP contribution in [0.4, 0.5) is 32.3 Å². The quantitative estimate of drug-likeness (QED) is 0.135. The van der Waals surface area contributed by atoms with E-state index in [4.69, 9.17) is 28.4 Å². The number of anilines is 4. The van der Waals surface area contributed by atoms with Gasteiger partial charge in [-0.1, -0.05) is 48.5 Å². The minimum absolute atomic E-state index is 0.00560. The summed E-state index contributed by atoms with van der Waals surface area (Å²) in [5.41, 5.74) is 3.52. The van der Waals surface area contributed by atoms with E-state index in [0.29, 0.717) is 49.9 Å². The Morgan fingerprint density at radius 2 is 0.906 bits per heavy atom. The van der Waals surface area contributed by atoms with Gasteiger partial charge in [-0.3, -0.25) is 4.90 Å². The van der Waals surface area contributed by atoms with E-state index in [1.165, 1.54) is 0 Å². The molecule has 0 aromatic heterocycles. The highest BCUT2D eigenvalue weighted by Gasteiger charge is 2.28. The number of carbonyl (C=O) groups is 2. The molecule has 0 aliphatic carbocycles. The van der Waals surface area contributed by atoms with Crippen molar-refractivity contribution in [1.29, 1.82) is 0 Å². The molecule has 0 bridgehead atoms. The molecule has 2 saturated heterocycles. The van der Waals surface area contributed by atoms with E-state index in [-0.39, 0.29) is 12.1 Å². The molecule has 0 unspecified atom stereocenters. The highest BCUT2D eigenvalue weighted by atomic mass is 16.5. The van der Waals surface area contributed by atoms with Crippen LogP contribution in [-0.2, 0) is 0 Å². The molecule has 2 heterocycles. The first-order valence-corrected chi connectivity index (χ1v) is 21.4. The lowest BCUT2D eigenvalue weighted by atomic mass is 10.1. The Bertz CT molecular complexity index is 2510. The molecule has 14 nitrogen and oxygen atoms in total. The van der Waals surface area contributed by atoms with Gasteiger partial charge in [0, 0.05) is 107 Å². The van der Waals surface area contributed by atoms with E-state index in [9.17, 15) is 9.59 Å². The van der Waals surface area contributed by atoms with Crippen molar-refractivity contribution in [1.82, 2.24) is 9.80 Å². The summed E-state index contributed by atoms with van der Waals surface area (Å²) in [4.78, 5) is 36.4. The van der Waals surface area contributed by atoms with Crippen LogP contribution in [0.1, 0.15) is 6.92 Å². The van der Waals surface area contributed by atoms with Crippen molar-refractivity contribution in [3.63, 3.8) is 0 Å². The minimum Gasteiger partial charge on any atom is -0.497 e. The second-order valence-corrected chi connectivity index (χ2v) is 15.3. The first kappa shape index (κ1) is 44.8. The fraction of sp³-hybridized carbons (Fsp3) is 0.320. The summed E-state index contributed by atoms with van der Waals surface area (Å²) >= 11 is 0. The SMILES string of the molecule is CCN(C(=O)N1CCN(c2cc(OC)cc(OC)c2)CC1)c1cc2ccccc2cc1OC.COc1cc(OC)cc(N2CCN(C(=O)Nc3cc4ccccc4cc3OC)CC2)c1. The highest BCUT2D eigenvalue weighted by molar-refractivity contribution is 5.98. The fourth-order valence-electron chi connectivity index (χ4n) is 8.12. The number of piperazine rings is 2. The molecule has 6 aromatic rings. The van der Waals surface area contributed by atoms with E-state index in [1.54, 1.807) is 47.6 Å². The van der Waals surface area contributed by atoms with Crippen molar-refractivity contribution < 1.29 is 38.0 Å². The van der Waals surface area contributed by atoms with Gasteiger partial charge in [0.05, 0.1) is 54.0 Å². The summed E-state index contributed by atoms with van der Waals surface area (Å²) in [6.45, 7) is 7.93. The van der Waals surface area contributed by atoms with Gasteiger partial charge in [0.25, 0.3) is 0 Å². The zero-order valence-corrected chi connectivity index (χ0v) is 37.8. The highest BCUT2D eigenvalue weighted by Crippen LogP contribution is 2.36. The Morgan fingerprint density at radius 3 is 1.33 bits per heavy atom. The molecule has 1 N–H and O–H groups in total. The molecule has 0 atom stereocenters. The molecule has 4 amide bonds. The van der Waals surface area contributed by atoms with Gasteiger partial charge in [-0.05, 0) is 52.7 Å². The second kappa shape index (κ2) is 20.8. The summed E-state index contributed by atoms with van der Waals surface area (Å²) in [5.74, 6) is 4.35. The molecular formula is C50H58N6O8. The summed E-state index contributed by atoms with van der Waals surface area (Å²) < 4.78 is 32.7. The number of fused-ring (bicyclic) bond motifs is 2. The third-order valence-corrected chi connectivity index (χ3v) is 11.7. The van der Waals surface area contributed by atoms with Gasteiger partial charge in [0.15, 0.2) is 0 Å². The molecule has 0 radical (unpaired) electrons. The Kier molecular flexibility index (Phi) is 14.5. The Morgan fingerprint density at radius 1 is 0.500 bits per heavy atom. The number of carbonyl (C=O) groups excluding carboxylic acids is 2. The van der Waals surface area contributed by atoms with Gasteiger partial charge < -0.3 is 53.3 Å². The van der Waals surface area contributed by atoms with E-state index < -0.39 is 0 Å². The average Bonchev–Trinajstić information content (AvgIpc) is 3.35. The molecule has 8 rings (SSSR count). The number of amides is 4. The smallest absolute Gasteiger partial charge is 0.324 e. The minimum atomic E-state index is -0.128. The van der Waals surface area contributed by atoms with Crippen LogP contribution in [0.25, 0.3) is 21.5 Å². The topological polar surface area (TPSA) is 118 Å². The van der Waals surface area contributed by atoms with Crippen LogP contribution in [0.5, 0.6) is 34.5 Å². The first-order chi connectivity index (χ1) is 31.2. The van der Waals surface area contributed by atoms with Crippen molar-refractivity contribution in [2.75, 3.05) is 122 Å². The van der Waals surface area contributed by atoms with Crippen LogP contribution in [-0.4, -0.2) is 123 Å². The summed E-state index contributed by atoms with van der Waals surface area (Å²) in [6.07, 6.45) is 0. The van der Waals surface area contributed by atoms with Gasteiger partial charge in [0.2, 0.25) is 0 Å². The number of rotatable bonds is 11. The predicted molar refractivity (Wildman–Crippen MR) is 255 cm³/mol. The molecule has 0 saturated carbocycles. The third-order valence-electron chi connectivity index (χ3n) is 11.7. The maximum atomic E-state index is 13.5. The van der Waals surface area contributed by atoms with Crippen LogP contribution in [0, 0.1) is 0 Å². The molecule has 64 heavy (non-hydrogen) atoms. The summed E-state index contributed by atoms with van der Waals surface area (Å²) in [7, 11) is 9.84. The number of hydrogen-bond acceptors (Lipinski definition) is 10. The van der Waals surface area contributed by atoms with Crippen molar-refractivity contribution in [2.45, 2.75) is 6.92 Å². The molecule has 2 fully saturated rings. The van der Waals surface area contributed by atoms with Crippen molar-refractivity contribution in [3.05, 3.63) is 109 Å². The predicted octanol–water partition coefficient (Wildman–Crippen LogP) is 8.85. The number of nitrogens with zero attached hydrogens (tertiary/aromatic N) is 5. The Labute approximate surface area is 375 Å². The van der Waals surface area contributed by atoms with Gasteiger partial charge in [-0.2, -0.15) is 0 Å². The number of urea groups is 2. The van der Waals surface area contributed by atoms with Crippen LogP contribution in [0.2, 0.25) is 0 Å². The molecule has 2 aliphatic heterocycles. The lowest BCUT2D eigenvalue weighted by Crippen LogP contribution is -2.53. The largest absolute Gasteiger partial charge is 0.497 e. The zero-order valence-electron chi connectivity index (χ0n) is 37.8. The lowest BCUT2D eigenvalue weighted by molar-refractivity contribution is 0.201. The molecule has 6 aromatic carbocycles. The van der Waals surface area contributed by atoms with E-state index in [2.05, 4.69) is 21.2 Å². The molecule has 2 aliphatic rings. The lowest BCUT2D eigenvalue weighted by Gasteiger charge is -2.38. The fourth-order valence-corrected chi connectivity index (χ4v) is 8.12. The number of benzene rings is 6. The molecule has 336 valence electrons. The average molecular weight is 871 g/mol. The number of nitrogens with one attached hydrogen (secondary N) is 1. The Hall–Kier alpha value is -7.22. The number of methoxy groups -OCH3 is 6. The summed E-state index contributed by atoms with van der Waals surface area (Å²) in [5, 5.41) is 7.31. The van der Waals surface area contributed by atoms with Crippen molar-refractivity contribution >= 4 is 56.4 Å². The van der Waals surface area contributed by atoms with Crippen LogP contribution in [0.3, 0.4) is 0 Å². The van der Waals surface area contributed by atoms with Gasteiger partial charge in [0.1, 0.15) is 34.5 Å². The van der Waals surface area contributed by atoms with E-state index in [0.717, 1.165) is 87.8 Å². The summed E-state index contributed by atoms with van der Waals surface area (Å²) in [6, 6.07) is 35.6. The van der Waals surface area contributed by atoms with Crippen LogP contribution in [0.15, 0.2) is 109 Å². The number of hydrogen-bond donors (Lipinski definition) is 1. The van der Waals surface area contributed by atoms with Gasteiger partial charge in [-0.25, -0.2) is 9.59 Å². The van der Waals surface area contributed by atoms with Crippen molar-refractivity contribution in [3.8, 4) is 34.5 Å². The zero-order chi connectivity index (χ0) is 45.2. The molecule has 0 spiro atoms. The third kappa shape index (κ3) is 10.2. The maximum Gasteiger partial charge on any atom is 0.324 e. The first-order valence-electron chi connectivity index (χ1n) is 21.4. The van der Waals surface area contributed by atoms with Gasteiger partial charge in [-0.15, -0.1) is 0 Å². The monoisotopic (exact) mass is 870 g/mol. The maximum absolute atomic E-state index is 13.5. The second-order valence-electron chi connectivity index (χ2n) is 15.3. The Balaban J connectivity index is 0.000000192. The van der Waals surface area contributed by atoms with Crippen LogP contribution < -0.4 is 48.4 Å². The molecular weight excluding hydrogens is 813 g/mol. The number of ether oxygens (including phenoxy) is 6. The van der Waals surface area contributed by atoms with Crippen LogP contribution >= 0.6 is 0 Å². The normalized spacial score (nSPS) is 13.7. The van der Waals surface area contributed by atoms with E-state index in [1.807, 2.05) is 120 Å². The van der Waals surface area contributed by atoms with Gasteiger partial charge >= 0.3 is 12.1 Å². The molecule has 14 heteroatoms. The standard InChI is InChI=1S/C26H31N3O4.C24H27N3O4/c1-5-29(24-14-19-8-6-7-9-20(19)15-25(24)33-4)26(30)28-12-10-27(11-13-28)21-16-22(31-2)18-23(17-21)32-3;1-29-20-14-19(15-21(16-20)30-2)26-8-10-27(11-9-26)24(28)25-22-12-17-6-4-5-7-18(17)13-23(22)31-3/h6-9,14-18H,5,10-13H2,1-4H3;4-7,12-16H,8-11H2,1-3H3,(H,25,28). The van der Waals surface area contributed by atoms with E-state index >= 15 is 0 Å².